The number of aromatic amines is 1. The quantitative estimate of drug-likeness (QED) is 0.719. The molecule has 78 valence electrons. The van der Waals surface area contributed by atoms with Crippen molar-refractivity contribution in [3.8, 4) is 0 Å². The van der Waals surface area contributed by atoms with Crippen molar-refractivity contribution in [2.24, 2.45) is 7.05 Å². The zero-order valence-electron chi connectivity index (χ0n) is 8.30. The van der Waals surface area contributed by atoms with Gasteiger partial charge in [-0.15, -0.1) is 0 Å². The van der Waals surface area contributed by atoms with E-state index < -0.39 is 0 Å². The van der Waals surface area contributed by atoms with Crippen LogP contribution in [0, 0.1) is 11.7 Å². The lowest BCUT2D eigenvalue weighted by molar-refractivity contribution is 0.824. The minimum absolute atomic E-state index is 0.126. The summed E-state index contributed by atoms with van der Waals surface area (Å²) in [5.74, 6) is 0. The molecule has 5 heteroatoms. The normalized spacial score (nSPS) is 10.9. The summed E-state index contributed by atoms with van der Waals surface area (Å²) in [5.41, 5.74) is 1.44. The van der Waals surface area contributed by atoms with E-state index in [0.717, 1.165) is 5.56 Å². The van der Waals surface area contributed by atoms with Crippen LogP contribution in [0.15, 0.2) is 16.9 Å². The van der Waals surface area contributed by atoms with Gasteiger partial charge in [0.15, 0.2) is 4.77 Å². The van der Waals surface area contributed by atoms with Crippen LogP contribution in [0.25, 0.3) is 10.9 Å². The summed E-state index contributed by atoms with van der Waals surface area (Å²) >= 11 is 11.0. The highest BCUT2D eigenvalue weighted by Gasteiger charge is 2.06. The van der Waals surface area contributed by atoms with E-state index in [1.165, 1.54) is 4.57 Å². The van der Waals surface area contributed by atoms with Gasteiger partial charge in [-0.2, -0.15) is 0 Å². The molecule has 0 atom stereocenters. The maximum atomic E-state index is 11.9. The molecule has 0 amide bonds. The van der Waals surface area contributed by atoms with Crippen LogP contribution in [-0.4, -0.2) is 9.55 Å². The fourth-order valence-electron chi connectivity index (χ4n) is 1.50. The van der Waals surface area contributed by atoms with E-state index in [4.69, 9.17) is 23.8 Å². The summed E-state index contributed by atoms with van der Waals surface area (Å²) in [7, 11) is 1.64. The summed E-state index contributed by atoms with van der Waals surface area (Å²) < 4.78 is 1.77. The molecule has 0 saturated carbocycles. The summed E-state index contributed by atoms with van der Waals surface area (Å²) in [4.78, 5) is 14.8. The fraction of sp³-hybridized carbons (Fsp3) is 0.200. The Kier molecular flexibility index (Phi) is 2.40. The van der Waals surface area contributed by atoms with E-state index >= 15 is 0 Å². The number of nitrogens with zero attached hydrogens (tertiary/aromatic N) is 1. The smallest absolute Gasteiger partial charge is 0.261 e. The van der Waals surface area contributed by atoms with Crippen molar-refractivity contribution in [3.05, 3.63) is 37.8 Å². The molecule has 0 aliphatic heterocycles. The van der Waals surface area contributed by atoms with Gasteiger partial charge in [0, 0.05) is 7.05 Å². The van der Waals surface area contributed by atoms with E-state index in [1.54, 1.807) is 19.2 Å². The maximum absolute atomic E-state index is 11.9. The highest BCUT2D eigenvalue weighted by atomic mass is 35.5. The molecule has 0 saturated heterocycles. The summed E-state index contributed by atoms with van der Waals surface area (Å²) in [6, 6.07) is 3.60. The third-order valence-corrected chi connectivity index (χ3v) is 2.98. The average molecular weight is 241 g/mol. The number of H-pyrrole nitrogens is 1. The number of nitrogens with one attached hydrogen (secondary N) is 1. The third-order valence-electron chi connectivity index (χ3n) is 2.31. The van der Waals surface area contributed by atoms with Crippen LogP contribution >= 0.6 is 23.8 Å². The van der Waals surface area contributed by atoms with Crippen molar-refractivity contribution >= 4 is 34.7 Å². The van der Waals surface area contributed by atoms with Gasteiger partial charge in [-0.3, -0.25) is 9.36 Å². The molecule has 0 aliphatic rings. The molecule has 1 aromatic heterocycles. The van der Waals surface area contributed by atoms with E-state index in [9.17, 15) is 4.79 Å². The molecule has 0 bridgehead atoms. The van der Waals surface area contributed by atoms with Gasteiger partial charge < -0.3 is 4.98 Å². The first-order valence-corrected chi connectivity index (χ1v) is 5.18. The maximum Gasteiger partial charge on any atom is 0.261 e. The van der Waals surface area contributed by atoms with Crippen molar-refractivity contribution in [3.63, 3.8) is 0 Å². The first-order valence-electron chi connectivity index (χ1n) is 4.40. The molecule has 2 rings (SSSR count). The Hall–Kier alpha value is -1.13. The van der Waals surface area contributed by atoms with E-state index in [1.807, 2.05) is 6.92 Å². The minimum atomic E-state index is -0.126. The highest BCUT2D eigenvalue weighted by molar-refractivity contribution is 7.71. The average Bonchev–Trinajstić information content (AvgIpc) is 2.17. The number of hydrogen-bond acceptors (Lipinski definition) is 2. The molecule has 2 aromatic rings. The van der Waals surface area contributed by atoms with Gasteiger partial charge >= 0.3 is 0 Å². The monoisotopic (exact) mass is 240 g/mol. The van der Waals surface area contributed by atoms with Crippen LogP contribution in [0.2, 0.25) is 5.02 Å². The Labute approximate surface area is 96.3 Å². The molecule has 0 unspecified atom stereocenters. The van der Waals surface area contributed by atoms with E-state index in [0.29, 0.717) is 20.7 Å². The van der Waals surface area contributed by atoms with Crippen LogP contribution in [0.1, 0.15) is 5.56 Å². The summed E-state index contributed by atoms with van der Waals surface area (Å²) in [5, 5.41) is 1.09. The second kappa shape index (κ2) is 3.47. The van der Waals surface area contributed by atoms with Crippen LogP contribution in [0.4, 0.5) is 0 Å². The molecular formula is C10H9ClN2OS. The molecular weight excluding hydrogens is 232 g/mol. The highest BCUT2D eigenvalue weighted by Crippen LogP contribution is 2.20. The molecule has 0 fully saturated rings. The molecule has 1 N–H and O–H groups in total. The number of benzene rings is 1. The molecule has 3 nitrogen and oxygen atoms in total. The Morgan fingerprint density at radius 2 is 2.13 bits per heavy atom. The zero-order chi connectivity index (χ0) is 11.2. The van der Waals surface area contributed by atoms with Gasteiger partial charge in [0.2, 0.25) is 0 Å². The van der Waals surface area contributed by atoms with Crippen LogP contribution in [0.5, 0.6) is 0 Å². The number of fused-ring (bicyclic) bond motifs is 1. The number of aryl methyl sites for hydroxylation is 1. The first-order chi connectivity index (χ1) is 7.00. The van der Waals surface area contributed by atoms with Gasteiger partial charge in [0.25, 0.3) is 5.56 Å². The number of rotatable bonds is 0. The number of aromatic nitrogens is 2. The lowest BCUT2D eigenvalue weighted by Gasteiger charge is -2.05. The first kappa shape index (κ1) is 10.4. The molecule has 1 aromatic carbocycles. The van der Waals surface area contributed by atoms with Crippen molar-refractivity contribution in [2.75, 3.05) is 0 Å². The lowest BCUT2D eigenvalue weighted by atomic mass is 10.2. The van der Waals surface area contributed by atoms with Crippen molar-refractivity contribution < 1.29 is 0 Å². The molecule has 0 spiro atoms. The summed E-state index contributed by atoms with van der Waals surface area (Å²) in [6.45, 7) is 1.90. The van der Waals surface area contributed by atoms with Gasteiger partial charge in [0.1, 0.15) is 0 Å². The molecule has 15 heavy (non-hydrogen) atoms. The Bertz CT molecular complexity index is 657. The van der Waals surface area contributed by atoms with Gasteiger partial charge in [-0.05, 0) is 36.8 Å². The number of hydrogen-bond donors (Lipinski definition) is 1. The summed E-state index contributed by atoms with van der Waals surface area (Å²) in [6.07, 6.45) is 0. The number of halogens is 1. The molecule has 1 heterocycles. The largest absolute Gasteiger partial charge is 0.330 e. The second-order valence-electron chi connectivity index (χ2n) is 3.46. The zero-order valence-corrected chi connectivity index (χ0v) is 9.87. The lowest BCUT2D eigenvalue weighted by Crippen LogP contribution is -2.18. The SMILES string of the molecule is Cc1cc(Cl)c2[nH]c(=S)n(C)c(=O)c2c1. The van der Waals surface area contributed by atoms with Gasteiger partial charge in [0.05, 0.1) is 15.9 Å². The van der Waals surface area contributed by atoms with E-state index in [2.05, 4.69) is 4.98 Å². The van der Waals surface area contributed by atoms with E-state index in [-0.39, 0.29) is 5.56 Å². The van der Waals surface area contributed by atoms with Crippen LogP contribution < -0.4 is 5.56 Å². The van der Waals surface area contributed by atoms with Gasteiger partial charge in [-0.25, -0.2) is 0 Å². The molecule has 0 aliphatic carbocycles. The van der Waals surface area contributed by atoms with Gasteiger partial charge in [-0.1, -0.05) is 11.6 Å². The van der Waals surface area contributed by atoms with Crippen LogP contribution in [-0.2, 0) is 7.05 Å². The Balaban J connectivity index is 3.13. The topological polar surface area (TPSA) is 37.8 Å². The predicted molar refractivity (Wildman–Crippen MR) is 64.1 cm³/mol. The minimum Gasteiger partial charge on any atom is -0.330 e. The standard InChI is InChI=1S/C10H9ClN2OS/c1-5-3-6-8(7(11)4-5)12-10(15)13(2)9(6)14/h3-4H,1-2H3,(H,12,15). The second-order valence-corrected chi connectivity index (χ2v) is 4.26. The predicted octanol–water partition coefficient (Wildman–Crippen LogP) is 2.56. The van der Waals surface area contributed by atoms with Crippen molar-refractivity contribution in [2.45, 2.75) is 6.92 Å². The third kappa shape index (κ3) is 1.60. The Morgan fingerprint density at radius 1 is 1.47 bits per heavy atom. The fourth-order valence-corrected chi connectivity index (χ4v) is 2.01. The molecule has 0 radical (unpaired) electrons. The Morgan fingerprint density at radius 3 is 2.80 bits per heavy atom. The van der Waals surface area contributed by atoms with Crippen LogP contribution in [0.3, 0.4) is 0 Å². The van der Waals surface area contributed by atoms with Crippen molar-refractivity contribution in [1.82, 2.24) is 9.55 Å². The van der Waals surface area contributed by atoms with Crippen molar-refractivity contribution in [1.29, 1.82) is 0 Å².